The summed E-state index contributed by atoms with van der Waals surface area (Å²) in [6.07, 6.45) is 5.97. The van der Waals surface area contributed by atoms with Gasteiger partial charge >= 0.3 is 0 Å². The van der Waals surface area contributed by atoms with Crippen molar-refractivity contribution in [2.24, 2.45) is 5.73 Å². The lowest BCUT2D eigenvalue weighted by atomic mass is 9.76. The van der Waals surface area contributed by atoms with E-state index in [1.54, 1.807) is 6.07 Å². The van der Waals surface area contributed by atoms with Gasteiger partial charge in [0.1, 0.15) is 11.6 Å². The molecule has 0 aromatic heterocycles. The molecule has 3 rings (SSSR count). The molecule has 2 aliphatic rings. The summed E-state index contributed by atoms with van der Waals surface area (Å²) in [5.74, 6) is 0.532. The summed E-state index contributed by atoms with van der Waals surface area (Å²) in [6.45, 7) is 0.655. The van der Waals surface area contributed by atoms with Crippen LogP contribution in [0.25, 0.3) is 0 Å². The Morgan fingerprint density at radius 3 is 2.71 bits per heavy atom. The van der Waals surface area contributed by atoms with Crippen molar-refractivity contribution >= 4 is 0 Å². The maximum atomic E-state index is 14.1. The summed E-state index contributed by atoms with van der Waals surface area (Å²) in [7, 11) is 0. The van der Waals surface area contributed by atoms with E-state index in [2.05, 4.69) is 0 Å². The Bertz CT molecular complexity index is 438. The van der Waals surface area contributed by atoms with Crippen LogP contribution in [0.2, 0.25) is 0 Å². The number of hydrogen-bond donors (Lipinski definition) is 1. The first-order valence-electron chi connectivity index (χ1n) is 6.44. The summed E-state index contributed by atoms with van der Waals surface area (Å²) in [4.78, 5) is 0. The van der Waals surface area contributed by atoms with Gasteiger partial charge in [0.2, 0.25) is 0 Å². The maximum absolute atomic E-state index is 14.1. The summed E-state index contributed by atoms with van der Waals surface area (Å²) >= 11 is 0. The van der Waals surface area contributed by atoms with E-state index in [9.17, 15) is 4.39 Å². The number of ether oxygens (including phenoxy) is 1. The first kappa shape index (κ1) is 11.0. The highest BCUT2D eigenvalue weighted by Crippen LogP contribution is 2.43. The third-order valence-corrected chi connectivity index (χ3v) is 4.05. The highest BCUT2D eigenvalue weighted by Gasteiger charge is 2.36. The van der Waals surface area contributed by atoms with Gasteiger partial charge in [-0.15, -0.1) is 0 Å². The maximum Gasteiger partial charge on any atom is 0.131 e. The first-order chi connectivity index (χ1) is 8.21. The van der Waals surface area contributed by atoms with Crippen LogP contribution in [0.4, 0.5) is 4.39 Å². The Labute approximate surface area is 101 Å². The predicted molar refractivity (Wildman–Crippen MR) is 64.5 cm³/mol. The van der Waals surface area contributed by atoms with Crippen molar-refractivity contribution in [2.75, 3.05) is 6.61 Å². The molecule has 1 saturated carbocycles. The largest absolute Gasteiger partial charge is 0.492 e. The van der Waals surface area contributed by atoms with E-state index in [4.69, 9.17) is 10.5 Å². The molecule has 0 spiro atoms. The molecule has 1 heterocycles. The van der Waals surface area contributed by atoms with E-state index < -0.39 is 5.54 Å². The molecule has 1 aliphatic heterocycles. The van der Waals surface area contributed by atoms with Gasteiger partial charge < -0.3 is 10.5 Å². The number of hydrogen-bond acceptors (Lipinski definition) is 2. The number of halogens is 1. The molecule has 0 amide bonds. The van der Waals surface area contributed by atoms with Crippen LogP contribution in [0.3, 0.4) is 0 Å². The molecule has 0 unspecified atom stereocenters. The summed E-state index contributed by atoms with van der Waals surface area (Å²) < 4.78 is 19.7. The molecule has 1 fully saturated rings. The van der Waals surface area contributed by atoms with Crippen molar-refractivity contribution in [1.82, 2.24) is 0 Å². The molecule has 17 heavy (non-hydrogen) atoms. The Morgan fingerprint density at radius 1 is 1.18 bits per heavy atom. The van der Waals surface area contributed by atoms with E-state index in [0.717, 1.165) is 43.4 Å². The van der Waals surface area contributed by atoms with Crippen LogP contribution in [0.15, 0.2) is 12.1 Å². The lowest BCUT2D eigenvalue weighted by Crippen LogP contribution is -2.39. The van der Waals surface area contributed by atoms with Crippen LogP contribution >= 0.6 is 0 Å². The Kier molecular flexibility index (Phi) is 2.58. The van der Waals surface area contributed by atoms with Gasteiger partial charge in [0.05, 0.1) is 6.61 Å². The minimum atomic E-state index is -0.516. The Morgan fingerprint density at radius 2 is 1.94 bits per heavy atom. The van der Waals surface area contributed by atoms with E-state index in [1.807, 2.05) is 6.07 Å². The third-order valence-electron chi connectivity index (χ3n) is 4.05. The fourth-order valence-electron chi connectivity index (χ4n) is 3.12. The molecule has 1 aromatic carbocycles. The van der Waals surface area contributed by atoms with Crippen molar-refractivity contribution < 1.29 is 9.13 Å². The lowest BCUT2D eigenvalue weighted by Gasteiger charge is -2.35. The minimum absolute atomic E-state index is 0.199. The highest BCUT2D eigenvalue weighted by atomic mass is 19.1. The smallest absolute Gasteiger partial charge is 0.131 e. The molecule has 2 nitrogen and oxygen atoms in total. The third kappa shape index (κ3) is 1.73. The molecule has 0 bridgehead atoms. The van der Waals surface area contributed by atoms with Crippen LogP contribution in [0.1, 0.15) is 43.2 Å². The molecular formula is C14H18FNO. The van der Waals surface area contributed by atoms with Gasteiger partial charge in [0.15, 0.2) is 0 Å². The van der Waals surface area contributed by atoms with Gasteiger partial charge in [-0.2, -0.15) is 0 Å². The van der Waals surface area contributed by atoms with Gasteiger partial charge in [-0.1, -0.05) is 25.3 Å². The molecule has 2 N–H and O–H groups in total. The highest BCUT2D eigenvalue weighted by molar-refractivity contribution is 5.48. The minimum Gasteiger partial charge on any atom is -0.492 e. The van der Waals surface area contributed by atoms with Crippen LogP contribution in [0, 0.1) is 5.82 Å². The zero-order valence-electron chi connectivity index (χ0n) is 9.97. The second-order valence-electron chi connectivity index (χ2n) is 5.23. The average molecular weight is 235 g/mol. The standard InChI is InChI=1S/C14H18FNO/c15-11-5-4-10-6-9-17-13(10)12(11)14(16)7-2-1-3-8-14/h4-5H,1-3,6-9,16H2. The van der Waals surface area contributed by atoms with E-state index in [1.165, 1.54) is 6.42 Å². The number of benzene rings is 1. The Hall–Kier alpha value is -1.09. The van der Waals surface area contributed by atoms with E-state index in [-0.39, 0.29) is 5.82 Å². The fourth-order valence-corrected chi connectivity index (χ4v) is 3.12. The molecule has 1 aromatic rings. The van der Waals surface area contributed by atoms with E-state index in [0.29, 0.717) is 12.2 Å². The zero-order chi connectivity index (χ0) is 11.9. The lowest BCUT2D eigenvalue weighted by molar-refractivity contribution is 0.274. The summed E-state index contributed by atoms with van der Waals surface area (Å²) in [5.41, 5.74) is 7.66. The summed E-state index contributed by atoms with van der Waals surface area (Å²) in [6, 6.07) is 3.37. The predicted octanol–water partition coefficient (Wildman–Crippen LogP) is 2.88. The van der Waals surface area contributed by atoms with Crippen molar-refractivity contribution in [3.05, 3.63) is 29.1 Å². The van der Waals surface area contributed by atoms with Crippen LogP contribution < -0.4 is 10.5 Å². The van der Waals surface area contributed by atoms with Crippen molar-refractivity contribution in [2.45, 2.75) is 44.1 Å². The number of nitrogens with two attached hydrogens (primary N) is 1. The fraction of sp³-hybridized carbons (Fsp3) is 0.571. The van der Waals surface area contributed by atoms with Crippen molar-refractivity contribution in [3.8, 4) is 5.75 Å². The topological polar surface area (TPSA) is 35.2 Å². The van der Waals surface area contributed by atoms with Gasteiger partial charge in [0.25, 0.3) is 0 Å². The zero-order valence-corrected chi connectivity index (χ0v) is 9.97. The quantitative estimate of drug-likeness (QED) is 0.812. The van der Waals surface area contributed by atoms with Crippen molar-refractivity contribution in [3.63, 3.8) is 0 Å². The van der Waals surface area contributed by atoms with E-state index >= 15 is 0 Å². The van der Waals surface area contributed by atoms with Gasteiger partial charge in [-0.25, -0.2) is 4.39 Å². The number of fused-ring (bicyclic) bond motifs is 1. The SMILES string of the molecule is NC1(c2c(F)ccc3c2OCC3)CCCCC1. The van der Waals surface area contributed by atoms with Crippen molar-refractivity contribution in [1.29, 1.82) is 0 Å². The second kappa shape index (κ2) is 3.98. The van der Waals surface area contributed by atoms with Crippen LogP contribution in [0.5, 0.6) is 5.75 Å². The molecule has 1 aliphatic carbocycles. The molecule has 92 valence electrons. The second-order valence-corrected chi connectivity index (χ2v) is 5.23. The molecule has 0 saturated heterocycles. The normalized spacial score (nSPS) is 22.0. The molecule has 0 radical (unpaired) electrons. The monoisotopic (exact) mass is 235 g/mol. The summed E-state index contributed by atoms with van der Waals surface area (Å²) in [5, 5.41) is 0. The van der Waals surface area contributed by atoms with Gasteiger partial charge in [-0.3, -0.25) is 0 Å². The number of rotatable bonds is 1. The van der Waals surface area contributed by atoms with Crippen LogP contribution in [-0.4, -0.2) is 6.61 Å². The molecule has 3 heteroatoms. The molecule has 0 atom stereocenters. The Balaban J connectivity index is 2.10. The first-order valence-corrected chi connectivity index (χ1v) is 6.44. The average Bonchev–Trinajstić information content (AvgIpc) is 2.77. The van der Waals surface area contributed by atoms with Gasteiger partial charge in [0, 0.05) is 17.5 Å². The van der Waals surface area contributed by atoms with Crippen LogP contribution in [-0.2, 0) is 12.0 Å². The molecular weight excluding hydrogens is 217 g/mol. The van der Waals surface area contributed by atoms with Gasteiger partial charge in [-0.05, 0) is 24.5 Å².